The Morgan fingerprint density at radius 3 is 2.00 bits per heavy atom. The molecular weight excluding hydrogens is 338 g/mol. The molecule has 1 heterocycles. The van der Waals surface area contributed by atoms with Gasteiger partial charge in [-0.05, 0) is 0 Å². The van der Waals surface area contributed by atoms with Gasteiger partial charge in [-0.15, -0.1) is 0 Å². The third kappa shape index (κ3) is 7.19. The first-order valence-electron chi connectivity index (χ1n) is 7.54. The van der Waals surface area contributed by atoms with Crippen molar-refractivity contribution in [3.63, 3.8) is 0 Å². The van der Waals surface area contributed by atoms with Crippen LogP contribution < -0.4 is 0 Å². The molecule has 0 amide bonds. The van der Waals surface area contributed by atoms with Crippen molar-refractivity contribution in [3.8, 4) is 0 Å². The molecule has 0 aromatic carbocycles. The Morgan fingerprint density at radius 2 is 1.56 bits per heavy atom. The van der Waals surface area contributed by atoms with Gasteiger partial charge in [-0.1, -0.05) is 5.16 Å². The molecule has 0 saturated carbocycles. The van der Waals surface area contributed by atoms with E-state index in [0.717, 1.165) is 13.8 Å². The van der Waals surface area contributed by atoms with Gasteiger partial charge in [0.05, 0.1) is 0 Å². The number of esters is 4. The molecule has 0 saturated heterocycles. The minimum Gasteiger partial charge on any atom is -0.462 e. The van der Waals surface area contributed by atoms with Crippen LogP contribution in [0, 0.1) is 0 Å². The smallest absolute Gasteiger partial charge is 0.303 e. The topological polar surface area (TPSA) is 127 Å². The molecular formula is C15H21NO9. The quantitative estimate of drug-likeness (QED) is 0.438. The van der Waals surface area contributed by atoms with Crippen LogP contribution >= 0.6 is 0 Å². The largest absolute Gasteiger partial charge is 0.462 e. The second-order valence-electron chi connectivity index (χ2n) is 5.22. The molecule has 10 nitrogen and oxygen atoms in total. The molecule has 1 aliphatic rings. The molecule has 0 aromatic rings. The zero-order valence-electron chi connectivity index (χ0n) is 14.5. The van der Waals surface area contributed by atoms with Crippen LogP contribution in [0.1, 0.15) is 34.1 Å². The summed E-state index contributed by atoms with van der Waals surface area (Å²) in [6.45, 7) is 4.50. The lowest BCUT2D eigenvalue weighted by atomic mass is 10.0. The summed E-state index contributed by atoms with van der Waals surface area (Å²) in [5, 5.41) is 3.77. The van der Waals surface area contributed by atoms with Crippen molar-refractivity contribution in [2.75, 3.05) is 13.2 Å². The van der Waals surface area contributed by atoms with E-state index in [2.05, 4.69) is 5.16 Å². The van der Waals surface area contributed by atoms with E-state index in [1.807, 2.05) is 0 Å². The van der Waals surface area contributed by atoms with Crippen molar-refractivity contribution in [1.29, 1.82) is 0 Å². The number of carbonyl (C=O) groups excluding carboxylic acids is 4. The van der Waals surface area contributed by atoms with Gasteiger partial charge in [-0.2, -0.15) is 0 Å². The number of carbonyl (C=O) groups is 4. The summed E-state index contributed by atoms with van der Waals surface area (Å²) >= 11 is 0. The molecule has 0 N–H and O–H groups in total. The summed E-state index contributed by atoms with van der Waals surface area (Å²) in [4.78, 5) is 50.3. The molecule has 0 spiro atoms. The van der Waals surface area contributed by atoms with Gasteiger partial charge in [0.15, 0.2) is 18.3 Å². The monoisotopic (exact) mass is 359 g/mol. The van der Waals surface area contributed by atoms with Crippen molar-refractivity contribution in [2.45, 2.75) is 52.4 Å². The Hall–Kier alpha value is -2.65. The summed E-state index contributed by atoms with van der Waals surface area (Å²) in [7, 11) is 0. The van der Waals surface area contributed by atoms with Gasteiger partial charge in [-0.3, -0.25) is 19.2 Å². The third-order valence-electron chi connectivity index (χ3n) is 2.99. The molecule has 0 aromatic heterocycles. The molecule has 0 fully saturated rings. The lowest BCUT2D eigenvalue weighted by Gasteiger charge is -2.31. The van der Waals surface area contributed by atoms with E-state index in [-0.39, 0.29) is 6.61 Å². The van der Waals surface area contributed by atoms with E-state index in [4.69, 9.17) is 23.8 Å². The van der Waals surface area contributed by atoms with Gasteiger partial charge in [-0.25, -0.2) is 0 Å². The van der Waals surface area contributed by atoms with Crippen LogP contribution in [0.25, 0.3) is 0 Å². The molecule has 10 heteroatoms. The predicted molar refractivity (Wildman–Crippen MR) is 81.3 cm³/mol. The SMILES string of the molecule is CC(=O)OC[C@@H](OC(C)=O)[C@@H](OC(C)=O)[C@H](OC(C)=O)C1=NOCC1. The predicted octanol–water partition coefficient (Wildman–Crippen LogP) is 0.121. The molecule has 0 bridgehead atoms. The van der Waals surface area contributed by atoms with Crippen molar-refractivity contribution in [2.24, 2.45) is 5.16 Å². The molecule has 3 atom stereocenters. The highest BCUT2D eigenvalue weighted by Gasteiger charge is 2.41. The average molecular weight is 359 g/mol. The first kappa shape index (κ1) is 20.4. The number of rotatable bonds is 8. The Morgan fingerprint density at radius 1 is 0.960 bits per heavy atom. The van der Waals surface area contributed by atoms with Crippen LogP contribution in [0.5, 0.6) is 0 Å². The maximum atomic E-state index is 11.5. The van der Waals surface area contributed by atoms with Crippen molar-refractivity contribution in [3.05, 3.63) is 0 Å². The first-order chi connectivity index (χ1) is 11.7. The zero-order chi connectivity index (χ0) is 19.0. The summed E-state index contributed by atoms with van der Waals surface area (Å²) in [5.74, 6) is -2.68. The highest BCUT2D eigenvalue weighted by atomic mass is 16.6. The molecule has 0 radical (unpaired) electrons. The highest BCUT2D eigenvalue weighted by molar-refractivity contribution is 5.91. The minimum absolute atomic E-state index is 0.266. The fourth-order valence-electron chi connectivity index (χ4n) is 2.15. The lowest BCUT2D eigenvalue weighted by molar-refractivity contribution is -0.183. The van der Waals surface area contributed by atoms with Gasteiger partial charge < -0.3 is 23.8 Å². The fraction of sp³-hybridized carbons (Fsp3) is 0.667. The van der Waals surface area contributed by atoms with Gasteiger partial charge >= 0.3 is 23.9 Å². The third-order valence-corrected chi connectivity index (χ3v) is 2.99. The van der Waals surface area contributed by atoms with Crippen LogP contribution in [-0.2, 0) is 43.0 Å². The number of hydrogen-bond donors (Lipinski definition) is 0. The van der Waals surface area contributed by atoms with E-state index < -0.39 is 48.8 Å². The first-order valence-corrected chi connectivity index (χ1v) is 7.54. The van der Waals surface area contributed by atoms with Gasteiger partial charge in [0.25, 0.3) is 0 Å². The Bertz CT molecular complexity index is 557. The number of ether oxygens (including phenoxy) is 4. The van der Waals surface area contributed by atoms with E-state index in [1.54, 1.807) is 0 Å². The summed E-state index contributed by atoms with van der Waals surface area (Å²) in [5.41, 5.74) is 0.307. The van der Waals surface area contributed by atoms with Crippen LogP contribution in [0.2, 0.25) is 0 Å². The normalized spacial score (nSPS) is 16.6. The second kappa shape index (κ2) is 9.60. The molecule has 25 heavy (non-hydrogen) atoms. The van der Waals surface area contributed by atoms with Crippen molar-refractivity contribution < 1.29 is 43.0 Å². The van der Waals surface area contributed by atoms with Crippen LogP contribution in [0.4, 0.5) is 0 Å². The number of hydrogen-bond acceptors (Lipinski definition) is 10. The van der Waals surface area contributed by atoms with Gasteiger partial charge in [0.1, 0.15) is 18.9 Å². The van der Waals surface area contributed by atoms with Crippen molar-refractivity contribution >= 4 is 29.6 Å². The summed E-state index contributed by atoms with van der Waals surface area (Å²) < 4.78 is 20.4. The minimum atomic E-state index is -1.26. The zero-order valence-corrected chi connectivity index (χ0v) is 14.5. The standard InChI is InChI=1S/C15H21NO9/c1-8(17)21-7-13(23-9(2)18)15(25-11(4)20)14(24-10(3)19)12-5-6-22-16-12/h13-15H,5-7H2,1-4H3/t13-,14-,15-/m1/s1. The fourth-order valence-corrected chi connectivity index (χ4v) is 2.15. The maximum Gasteiger partial charge on any atom is 0.303 e. The maximum absolute atomic E-state index is 11.5. The highest BCUT2D eigenvalue weighted by Crippen LogP contribution is 2.20. The van der Waals surface area contributed by atoms with Gasteiger partial charge in [0.2, 0.25) is 0 Å². The van der Waals surface area contributed by atoms with Crippen LogP contribution in [0.15, 0.2) is 5.16 Å². The van der Waals surface area contributed by atoms with E-state index >= 15 is 0 Å². The molecule has 0 unspecified atom stereocenters. The van der Waals surface area contributed by atoms with E-state index in [0.29, 0.717) is 12.1 Å². The van der Waals surface area contributed by atoms with Crippen molar-refractivity contribution in [1.82, 2.24) is 0 Å². The Labute approximate surface area is 144 Å². The number of oxime groups is 1. The second-order valence-corrected chi connectivity index (χ2v) is 5.22. The lowest BCUT2D eigenvalue weighted by Crippen LogP contribution is -2.50. The molecule has 1 aliphatic heterocycles. The van der Waals surface area contributed by atoms with Gasteiger partial charge in [0, 0.05) is 34.1 Å². The molecule has 140 valence electrons. The van der Waals surface area contributed by atoms with E-state index in [9.17, 15) is 19.2 Å². The van der Waals surface area contributed by atoms with E-state index in [1.165, 1.54) is 13.8 Å². The van der Waals surface area contributed by atoms with Crippen LogP contribution in [-0.4, -0.2) is 61.1 Å². The van der Waals surface area contributed by atoms with Crippen LogP contribution in [0.3, 0.4) is 0 Å². The summed E-state index contributed by atoms with van der Waals surface area (Å²) in [6.07, 6.45) is -3.28. The average Bonchev–Trinajstić information content (AvgIpc) is 3.00. The Balaban J connectivity index is 3.15. The number of nitrogens with zero attached hydrogens (tertiary/aromatic N) is 1. The molecule has 0 aliphatic carbocycles. The Kier molecular flexibility index (Phi) is 7.83. The summed E-state index contributed by atoms with van der Waals surface area (Å²) in [6, 6.07) is 0. The molecule has 1 rings (SSSR count).